The lowest BCUT2D eigenvalue weighted by Crippen LogP contribution is -2.35. The van der Waals surface area contributed by atoms with Crippen molar-refractivity contribution < 1.29 is 14.0 Å². The number of hydrogen-bond donors (Lipinski definition) is 0. The number of aromatic nitrogens is 3. The van der Waals surface area contributed by atoms with Crippen LogP contribution in [0.5, 0.6) is 0 Å². The number of aryl methyl sites for hydroxylation is 2. The average molecular weight is 484 g/mol. The van der Waals surface area contributed by atoms with E-state index in [-0.39, 0.29) is 11.8 Å². The molecule has 1 aliphatic heterocycles. The summed E-state index contributed by atoms with van der Waals surface area (Å²) in [4.78, 5) is 29.0. The zero-order valence-electron chi connectivity index (χ0n) is 20.8. The van der Waals surface area contributed by atoms with E-state index in [0.29, 0.717) is 37.4 Å². The van der Waals surface area contributed by atoms with Gasteiger partial charge in [-0.05, 0) is 53.8 Å². The Morgan fingerprint density at radius 2 is 1.94 bits per heavy atom. The highest BCUT2D eigenvalue weighted by atomic mass is 16.3. The number of benzene rings is 2. The molecule has 0 radical (unpaired) electrons. The lowest BCUT2D eigenvalue weighted by atomic mass is 9.93. The second-order valence-electron chi connectivity index (χ2n) is 9.32. The largest absolute Gasteiger partial charge is 0.450 e. The fourth-order valence-corrected chi connectivity index (χ4v) is 4.63. The van der Waals surface area contributed by atoms with Crippen LogP contribution in [0.1, 0.15) is 34.5 Å². The van der Waals surface area contributed by atoms with Crippen molar-refractivity contribution in [3.63, 3.8) is 0 Å². The number of carbonyl (C=O) groups excluding carboxylic acids is 2. The summed E-state index contributed by atoms with van der Waals surface area (Å²) in [6.45, 7) is 3.81. The number of hydrogen-bond acceptors (Lipinski definition) is 5. The zero-order valence-corrected chi connectivity index (χ0v) is 20.8. The molecule has 8 nitrogen and oxygen atoms in total. The molecule has 0 saturated carbocycles. The van der Waals surface area contributed by atoms with Gasteiger partial charge in [0, 0.05) is 50.8 Å². The molecule has 0 aliphatic carbocycles. The number of amides is 2. The predicted molar refractivity (Wildman–Crippen MR) is 138 cm³/mol. The third-order valence-corrected chi connectivity index (χ3v) is 6.57. The number of nitrogens with zero attached hydrogens (tertiary/aromatic N) is 5. The second-order valence-corrected chi connectivity index (χ2v) is 9.32. The molecule has 8 heteroatoms. The lowest BCUT2D eigenvalue weighted by molar-refractivity contribution is -0.131. The van der Waals surface area contributed by atoms with Crippen LogP contribution in [-0.2, 0) is 11.3 Å². The topological polar surface area (TPSA) is 84.5 Å². The van der Waals surface area contributed by atoms with Crippen molar-refractivity contribution in [1.82, 2.24) is 24.8 Å². The smallest absolute Gasteiger partial charge is 0.289 e. The summed E-state index contributed by atoms with van der Waals surface area (Å²) in [6, 6.07) is 14.1. The van der Waals surface area contributed by atoms with E-state index in [1.807, 2.05) is 23.1 Å². The molecule has 4 aromatic rings. The SMILES string of the molecule is Cc1ccccc1-c1cc(C2=CCCN(C(=O)CCn3ccnn3)C2)cc2cc(C(=O)N(C)C)oc12. The highest BCUT2D eigenvalue weighted by molar-refractivity contribution is 6.02. The minimum atomic E-state index is -0.176. The highest BCUT2D eigenvalue weighted by Gasteiger charge is 2.22. The lowest BCUT2D eigenvalue weighted by Gasteiger charge is -2.28. The van der Waals surface area contributed by atoms with Gasteiger partial charge in [-0.3, -0.25) is 14.3 Å². The van der Waals surface area contributed by atoms with Gasteiger partial charge in [-0.15, -0.1) is 5.10 Å². The molecule has 36 heavy (non-hydrogen) atoms. The van der Waals surface area contributed by atoms with Crippen LogP contribution in [0.2, 0.25) is 0 Å². The van der Waals surface area contributed by atoms with E-state index in [1.165, 1.54) is 4.90 Å². The average Bonchev–Trinajstić information content (AvgIpc) is 3.56. The van der Waals surface area contributed by atoms with Crippen molar-refractivity contribution >= 4 is 28.4 Å². The minimum absolute atomic E-state index is 0.0958. The van der Waals surface area contributed by atoms with Gasteiger partial charge in [0.1, 0.15) is 5.58 Å². The first-order valence-corrected chi connectivity index (χ1v) is 12.1. The van der Waals surface area contributed by atoms with Crippen molar-refractivity contribution in [2.24, 2.45) is 0 Å². The van der Waals surface area contributed by atoms with E-state index in [9.17, 15) is 9.59 Å². The van der Waals surface area contributed by atoms with Crippen LogP contribution in [0.15, 0.2) is 65.4 Å². The van der Waals surface area contributed by atoms with E-state index in [1.54, 1.807) is 31.2 Å². The quantitative estimate of drug-likeness (QED) is 0.406. The summed E-state index contributed by atoms with van der Waals surface area (Å²) in [5.41, 5.74) is 5.92. The van der Waals surface area contributed by atoms with E-state index >= 15 is 0 Å². The molecule has 2 aromatic carbocycles. The van der Waals surface area contributed by atoms with Crippen molar-refractivity contribution in [2.45, 2.75) is 26.3 Å². The van der Waals surface area contributed by atoms with Crippen LogP contribution < -0.4 is 0 Å². The summed E-state index contributed by atoms with van der Waals surface area (Å²) in [5, 5.41) is 8.61. The zero-order chi connectivity index (χ0) is 25.2. The van der Waals surface area contributed by atoms with Crippen LogP contribution in [0.3, 0.4) is 0 Å². The van der Waals surface area contributed by atoms with Crippen molar-refractivity contribution in [3.8, 4) is 11.1 Å². The maximum Gasteiger partial charge on any atom is 0.289 e. The molecular formula is C28H29N5O3. The molecule has 0 atom stereocenters. The fourth-order valence-electron chi connectivity index (χ4n) is 4.63. The Labute approximate surface area is 209 Å². The second kappa shape index (κ2) is 9.81. The molecule has 0 saturated heterocycles. The van der Waals surface area contributed by atoms with E-state index < -0.39 is 0 Å². The maximum absolute atomic E-state index is 12.9. The molecule has 5 rings (SSSR count). The normalized spacial score (nSPS) is 13.6. The highest BCUT2D eigenvalue weighted by Crippen LogP contribution is 2.37. The van der Waals surface area contributed by atoms with Gasteiger partial charge in [-0.2, -0.15) is 0 Å². The van der Waals surface area contributed by atoms with Gasteiger partial charge in [0.05, 0.1) is 12.7 Å². The van der Waals surface area contributed by atoms with Crippen LogP contribution in [-0.4, -0.2) is 63.8 Å². The summed E-state index contributed by atoms with van der Waals surface area (Å²) < 4.78 is 7.79. The van der Waals surface area contributed by atoms with Crippen LogP contribution >= 0.6 is 0 Å². The molecule has 0 N–H and O–H groups in total. The molecule has 1 aliphatic rings. The van der Waals surface area contributed by atoms with Crippen LogP contribution in [0.4, 0.5) is 0 Å². The van der Waals surface area contributed by atoms with Gasteiger partial charge in [0.25, 0.3) is 5.91 Å². The molecule has 3 heterocycles. The Morgan fingerprint density at radius 1 is 1.11 bits per heavy atom. The van der Waals surface area contributed by atoms with Gasteiger partial charge in [-0.1, -0.05) is 35.6 Å². The predicted octanol–water partition coefficient (Wildman–Crippen LogP) is 4.41. The van der Waals surface area contributed by atoms with E-state index in [2.05, 4.69) is 47.6 Å². The minimum Gasteiger partial charge on any atom is -0.450 e. The van der Waals surface area contributed by atoms with E-state index in [0.717, 1.165) is 39.6 Å². The summed E-state index contributed by atoms with van der Waals surface area (Å²) >= 11 is 0. The maximum atomic E-state index is 12.9. The Balaban J connectivity index is 1.49. The fraction of sp³-hybridized carbons (Fsp3) is 0.286. The van der Waals surface area contributed by atoms with Crippen molar-refractivity contribution in [1.29, 1.82) is 0 Å². The first-order valence-electron chi connectivity index (χ1n) is 12.1. The molecule has 0 fully saturated rings. The third-order valence-electron chi connectivity index (χ3n) is 6.57. The summed E-state index contributed by atoms with van der Waals surface area (Å²) in [7, 11) is 3.43. The summed E-state index contributed by atoms with van der Waals surface area (Å²) in [6.07, 6.45) is 6.74. The molecule has 0 spiro atoms. The molecule has 2 amide bonds. The van der Waals surface area contributed by atoms with Crippen molar-refractivity contribution in [2.75, 3.05) is 27.2 Å². The van der Waals surface area contributed by atoms with Gasteiger partial charge in [0.15, 0.2) is 5.76 Å². The van der Waals surface area contributed by atoms with E-state index in [4.69, 9.17) is 4.42 Å². The van der Waals surface area contributed by atoms with Crippen LogP contribution in [0, 0.1) is 6.92 Å². The third kappa shape index (κ3) is 4.66. The Hall–Kier alpha value is -4.20. The van der Waals surface area contributed by atoms with Crippen LogP contribution in [0.25, 0.3) is 27.7 Å². The Kier molecular flexibility index (Phi) is 6.41. The molecule has 2 aromatic heterocycles. The van der Waals surface area contributed by atoms with Gasteiger partial charge in [-0.25, -0.2) is 0 Å². The van der Waals surface area contributed by atoms with Gasteiger partial charge >= 0.3 is 0 Å². The standard InChI is InChI=1S/C28H29N5O3/c1-19-7-4-5-9-23(19)24-16-21(15-22-17-25(36-27(22)24)28(35)31(2)3)20-8-6-12-32(18-20)26(34)10-13-33-14-11-29-30-33/h4-5,7-9,11,14-17H,6,10,12-13,18H2,1-3H3. The van der Waals surface area contributed by atoms with Gasteiger partial charge < -0.3 is 14.2 Å². The number of furan rings is 1. The molecular weight excluding hydrogens is 454 g/mol. The summed E-state index contributed by atoms with van der Waals surface area (Å²) in [5.74, 6) is 0.229. The molecule has 184 valence electrons. The van der Waals surface area contributed by atoms with Crippen molar-refractivity contribution in [3.05, 3.63) is 77.8 Å². The Morgan fingerprint density at radius 3 is 2.69 bits per heavy atom. The Bertz CT molecular complexity index is 1450. The first-order chi connectivity index (χ1) is 17.4. The first kappa shape index (κ1) is 23.5. The number of rotatable bonds is 6. The monoisotopic (exact) mass is 483 g/mol. The molecule has 0 unspecified atom stereocenters. The van der Waals surface area contributed by atoms with Gasteiger partial charge in [0.2, 0.25) is 5.91 Å². The number of carbonyl (C=O) groups is 2. The molecule has 0 bridgehead atoms. The number of fused-ring (bicyclic) bond motifs is 1.